The van der Waals surface area contributed by atoms with Crippen LogP contribution < -0.4 is 5.32 Å². The Morgan fingerprint density at radius 3 is 2.25 bits per heavy atom. The maximum atomic E-state index is 13.4. The Labute approximate surface area is 198 Å². The first kappa shape index (κ1) is 24.2. The molecule has 0 aromatic heterocycles. The molecule has 5 nitrogen and oxygen atoms in total. The van der Waals surface area contributed by atoms with Gasteiger partial charge in [0.25, 0.3) is 0 Å². The van der Waals surface area contributed by atoms with Gasteiger partial charge in [-0.25, -0.2) is 8.42 Å². The van der Waals surface area contributed by atoms with Gasteiger partial charge in [0.15, 0.2) is 0 Å². The molecule has 0 aliphatic carbocycles. The van der Waals surface area contributed by atoms with E-state index in [1.54, 1.807) is 24.3 Å². The Balaban J connectivity index is 1.91. The summed E-state index contributed by atoms with van der Waals surface area (Å²) in [5, 5.41) is 2.94. The van der Waals surface area contributed by atoms with E-state index in [-0.39, 0.29) is 23.9 Å². The van der Waals surface area contributed by atoms with Crippen LogP contribution in [0.25, 0.3) is 0 Å². The van der Waals surface area contributed by atoms with E-state index in [0.717, 1.165) is 38.8 Å². The first-order chi connectivity index (χ1) is 15.2. The van der Waals surface area contributed by atoms with Gasteiger partial charge < -0.3 is 5.32 Å². The highest BCUT2D eigenvalue weighted by Crippen LogP contribution is 2.23. The summed E-state index contributed by atoms with van der Waals surface area (Å²) in [6.45, 7) is 5.65. The SMILES string of the molecule is CCc1cccc(C)c1NC(=O)CN(Cc1ccc(Br)cc1)S(=O)(=O)c1ccc(C)cc1. The van der Waals surface area contributed by atoms with E-state index < -0.39 is 10.0 Å². The second-order valence-corrected chi connectivity index (χ2v) is 10.6. The van der Waals surface area contributed by atoms with E-state index in [1.807, 2.05) is 63.2 Å². The summed E-state index contributed by atoms with van der Waals surface area (Å²) in [7, 11) is -3.88. The van der Waals surface area contributed by atoms with Crippen LogP contribution in [0.15, 0.2) is 76.1 Å². The molecule has 7 heteroatoms. The number of sulfonamides is 1. The molecule has 0 saturated heterocycles. The summed E-state index contributed by atoms with van der Waals surface area (Å²) < 4.78 is 29.0. The van der Waals surface area contributed by atoms with Crippen LogP contribution in [0.3, 0.4) is 0 Å². The number of para-hydroxylation sites is 1. The van der Waals surface area contributed by atoms with E-state index in [2.05, 4.69) is 21.2 Å². The predicted octanol–water partition coefficient (Wildman–Crippen LogP) is 5.46. The van der Waals surface area contributed by atoms with E-state index in [4.69, 9.17) is 0 Å². The number of hydrogen-bond acceptors (Lipinski definition) is 3. The molecule has 0 heterocycles. The first-order valence-corrected chi connectivity index (χ1v) is 12.6. The maximum Gasteiger partial charge on any atom is 0.243 e. The number of halogens is 1. The van der Waals surface area contributed by atoms with Crippen LogP contribution in [0.2, 0.25) is 0 Å². The zero-order valence-corrected chi connectivity index (χ0v) is 20.8. The lowest BCUT2D eigenvalue weighted by Crippen LogP contribution is -2.37. The molecule has 0 bridgehead atoms. The van der Waals surface area contributed by atoms with Crippen LogP contribution in [0, 0.1) is 13.8 Å². The van der Waals surface area contributed by atoms with Crippen molar-refractivity contribution < 1.29 is 13.2 Å². The van der Waals surface area contributed by atoms with Gasteiger partial charge in [-0.1, -0.05) is 70.9 Å². The fourth-order valence-corrected chi connectivity index (χ4v) is 5.07. The van der Waals surface area contributed by atoms with Crippen molar-refractivity contribution in [3.8, 4) is 0 Å². The predicted molar refractivity (Wildman–Crippen MR) is 132 cm³/mol. The van der Waals surface area contributed by atoms with Crippen molar-refractivity contribution in [3.05, 3.63) is 93.5 Å². The minimum atomic E-state index is -3.88. The lowest BCUT2D eigenvalue weighted by molar-refractivity contribution is -0.116. The van der Waals surface area contributed by atoms with Crippen molar-refractivity contribution in [2.75, 3.05) is 11.9 Å². The molecular weight excluding hydrogens is 488 g/mol. The third-order valence-corrected chi connectivity index (χ3v) is 7.59. The summed E-state index contributed by atoms with van der Waals surface area (Å²) in [4.78, 5) is 13.2. The number of carbonyl (C=O) groups excluding carboxylic acids is 1. The van der Waals surface area contributed by atoms with Crippen molar-refractivity contribution in [2.45, 2.75) is 38.6 Å². The number of amides is 1. The minimum absolute atomic E-state index is 0.0886. The number of rotatable bonds is 8. The third kappa shape index (κ3) is 5.85. The Morgan fingerprint density at radius 1 is 0.969 bits per heavy atom. The molecule has 3 aromatic rings. The smallest absolute Gasteiger partial charge is 0.243 e. The Hall–Kier alpha value is -2.48. The molecule has 0 saturated carbocycles. The standard InChI is InChI=1S/C25H27BrN2O3S/c1-4-21-7-5-6-19(3)25(21)27-24(29)17-28(16-20-10-12-22(26)13-11-20)32(30,31)23-14-8-18(2)9-15-23/h5-15H,4,16-17H2,1-3H3,(H,27,29). The summed E-state index contributed by atoms with van der Waals surface area (Å²) in [6, 6.07) is 19.9. The molecule has 3 rings (SSSR count). The van der Waals surface area contributed by atoms with Crippen LogP contribution in [0.4, 0.5) is 5.69 Å². The Morgan fingerprint density at radius 2 is 1.62 bits per heavy atom. The third-order valence-electron chi connectivity index (χ3n) is 5.26. The van der Waals surface area contributed by atoms with Crippen LogP contribution in [-0.2, 0) is 27.8 Å². The van der Waals surface area contributed by atoms with E-state index >= 15 is 0 Å². The zero-order chi connectivity index (χ0) is 23.3. The largest absolute Gasteiger partial charge is 0.324 e. The van der Waals surface area contributed by atoms with Crippen LogP contribution in [0.1, 0.15) is 29.2 Å². The number of nitrogens with one attached hydrogen (secondary N) is 1. The molecule has 0 spiro atoms. The van der Waals surface area contributed by atoms with Crippen molar-refractivity contribution in [2.24, 2.45) is 0 Å². The number of carbonyl (C=O) groups is 1. The van der Waals surface area contributed by atoms with Gasteiger partial charge in [0.05, 0.1) is 11.4 Å². The maximum absolute atomic E-state index is 13.4. The lowest BCUT2D eigenvalue weighted by Gasteiger charge is -2.23. The molecule has 0 radical (unpaired) electrons. The van der Waals surface area contributed by atoms with Gasteiger partial charge in [0.1, 0.15) is 0 Å². The molecule has 1 N–H and O–H groups in total. The average molecular weight is 515 g/mol. The highest BCUT2D eigenvalue weighted by atomic mass is 79.9. The van der Waals surface area contributed by atoms with Gasteiger partial charge >= 0.3 is 0 Å². The van der Waals surface area contributed by atoms with Gasteiger partial charge in [0, 0.05) is 16.7 Å². The fourth-order valence-electron chi connectivity index (χ4n) is 3.42. The number of benzene rings is 3. The van der Waals surface area contributed by atoms with Crippen LogP contribution >= 0.6 is 15.9 Å². The number of nitrogens with zero attached hydrogens (tertiary/aromatic N) is 1. The molecule has 1 amide bonds. The van der Waals surface area contributed by atoms with Gasteiger partial charge in [-0.05, 0) is 61.2 Å². The Bertz CT molecular complexity index is 1190. The monoisotopic (exact) mass is 514 g/mol. The number of anilines is 1. The van der Waals surface area contributed by atoms with Crippen molar-refractivity contribution in [1.29, 1.82) is 0 Å². The second-order valence-electron chi connectivity index (χ2n) is 7.72. The normalized spacial score (nSPS) is 11.5. The summed E-state index contributed by atoms with van der Waals surface area (Å²) in [6.07, 6.45) is 0.765. The molecule has 0 unspecified atom stereocenters. The molecule has 0 aliphatic heterocycles. The quantitative estimate of drug-likeness (QED) is 0.434. The summed E-state index contributed by atoms with van der Waals surface area (Å²) >= 11 is 3.40. The zero-order valence-electron chi connectivity index (χ0n) is 18.4. The average Bonchev–Trinajstić information content (AvgIpc) is 2.76. The highest BCUT2D eigenvalue weighted by molar-refractivity contribution is 9.10. The van der Waals surface area contributed by atoms with Crippen LogP contribution in [0.5, 0.6) is 0 Å². The topological polar surface area (TPSA) is 66.5 Å². The van der Waals surface area contributed by atoms with Gasteiger partial charge in [0.2, 0.25) is 15.9 Å². The van der Waals surface area contributed by atoms with Gasteiger partial charge in [-0.2, -0.15) is 4.31 Å². The molecule has 32 heavy (non-hydrogen) atoms. The molecule has 0 fully saturated rings. The van der Waals surface area contributed by atoms with Crippen molar-refractivity contribution in [3.63, 3.8) is 0 Å². The molecular formula is C25H27BrN2O3S. The van der Waals surface area contributed by atoms with Gasteiger partial charge in [-0.15, -0.1) is 0 Å². The van der Waals surface area contributed by atoms with E-state index in [9.17, 15) is 13.2 Å². The van der Waals surface area contributed by atoms with Crippen molar-refractivity contribution >= 4 is 37.5 Å². The minimum Gasteiger partial charge on any atom is -0.324 e. The van der Waals surface area contributed by atoms with Crippen molar-refractivity contribution in [1.82, 2.24) is 4.31 Å². The highest BCUT2D eigenvalue weighted by Gasteiger charge is 2.27. The number of hydrogen-bond donors (Lipinski definition) is 1. The summed E-state index contributed by atoms with van der Waals surface area (Å²) in [5.74, 6) is -0.373. The first-order valence-electron chi connectivity index (χ1n) is 10.4. The number of aryl methyl sites for hydroxylation is 3. The van der Waals surface area contributed by atoms with E-state index in [1.165, 1.54) is 4.31 Å². The fraction of sp³-hybridized carbons (Fsp3) is 0.240. The lowest BCUT2D eigenvalue weighted by atomic mass is 10.1. The molecule has 168 valence electrons. The second kappa shape index (κ2) is 10.4. The van der Waals surface area contributed by atoms with Crippen LogP contribution in [-0.4, -0.2) is 25.2 Å². The van der Waals surface area contributed by atoms with Gasteiger partial charge in [-0.3, -0.25) is 4.79 Å². The molecule has 3 aromatic carbocycles. The molecule has 0 aliphatic rings. The molecule has 0 atom stereocenters. The summed E-state index contributed by atoms with van der Waals surface area (Å²) in [5.41, 5.74) is 4.46. The Kier molecular flexibility index (Phi) is 7.87. The van der Waals surface area contributed by atoms with E-state index in [0.29, 0.717) is 0 Å².